The van der Waals surface area contributed by atoms with Gasteiger partial charge in [-0.1, -0.05) is 57.4 Å². The van der Waals surface area contributed by atoms with Crippen LogP contribution in [0.4, 0.5) is 43.9 Å². The predicted molar refractivity (Wildman–Crippen MR) is 370 cm³/mol. The highest BCUT2D eigenvalue weighted by atomic mass is 19.4. The molecule has 7 rings (SSSR count). The minimum absolute atomic E-state index is 0.0194. The number of ether oxygens (including phenoxy) is 1. The summed E-state index contributed by atoms with van der Waals surface area (Å²) in [6, 6.07) is -8.96. The van der Waals surface area contributed by atoms with Crippen molar-refractivity contribution in [3.8, 4) is 0 Å². The Morgan fingerprint density at radius 2 is 1.30 bits per heavy atom. The van der Waals surface area contributed by atoms with Crippen molar-refractivity contribution in [1.82, 2.24) is 60.0 Å². The number of amides is 12. The number of benzene rings is 2. The van der Waals surface area contributed by atoms with Crippen LogP contribution in [-0.2, 0) is 87.5 Å². The maximum atomic E-state index is 15.4. The zero-order valence-corrected chi connectivity index (χ0v) is 62.5. The molecule has 12 amide bonds. The molecule has 25 nitrogen and oxygen atoms in total. The van der Waals surface area contributed by atoms with Crippen molar-refractivity contribution in [1.29, 1.82) is 0 Å². The Balaban J connectivity index is 1.35. The van der Waals surface area contributed by atoms with Crippen molar-refractivity contribution in [2.24, 2.45) is 11.8 Å². The molecule has 10 atom stereocenters. The molecule has 598 valence electrons. The van der Waals surface area contributed by atoms with Crippen LogP contribution >= 0.6 is 0 Å². The van der Waals surface area contributed by atoms with Crippen LogP contribution in [0.15, 0.2) is 48.6 Å². The minimum Gasteiger partial charge on any atom is -0.377 e. The molecular formula is C73H98F10N12O13. The van der Waals surface area contributed by atoms with Gasteiger partial charge in [-0.05, 0) is 112 Å². The molecule has 2 aliphatic carbocycles. The van der Waals surface area contributed by atoms with Gasteiger partial charge in [-0.2, -0.15) is 26.3 Å². The summed E-state index contributed by atoms with van der Waals surface area (Å²) >= 11 is 0. The summed E-state index contributed by atoms with van der Waals surface area (Å²) in [7, 11) is 9.72. The van der Waals surface area contributed by atoms with Crippen LogP contribution in [0.2, 0.25) is 0 Å². The molecule has 2 aromatic rings. The Morgan fingerprint density at radius 1 is 0.676 bits per heavy atom. The normalized spacial score (nSPS) is 26.1. The number of hydrogen-bond acceptors (Lipinski definition) is 13. The van der Waals surface area contributed by atoms with Crippen LogP contribution in [0.3, 0.4) is 0 Å². The third-order valence-electron chi connectivity index (χ3n) is 21.4. The number of carbonyl (C=O) groups is 12. The lowest BCUT2D eigenvalue weighted by Crippen LogP contribution is -2.68. The average molecular weight is 1540 g/mol. The molecule has 0 unspecified atom stereocenters. The topological polar surface area (TPSA) is 279 Å². The molecule has 3 N–H and O–H groups in total. The van der Waals surface area contributed by atoms with Crippen LogP contribution < -0.4 is 16.0 Å². The van der Waals surface area contributed by atoms with Gasteiger partial charge in [0.15, 0.2) is 0 Å². The first-order valence-electron chi connectivity index (χ1n) is 36.1. The lowest BCUT2D eigenvalue weighted by molar-refractivity contribution is -0.158. The minimum atomic E-state index is -5.48. The van der Waals surface area contributed by atoms with E-state index in [1.807, 2.05) is 0 Å². The van der Waals surface area contributed by atoms with Crippen molar-refractivity contribution in [2.45, 2.75) is 202 Å². The molecular weight excluding hydrogens is 1440 g/mol. The van der Waals surface area contributed by atoms with Gasteiger partial charge < -0.3 is 64.8 Å². The predicted octanol–water partition coefficient (Wildman–Crippen LogP) is 5.35. The van der Waals surface area contributed by atoms with Crippen LogP contribution in [0, 0.1) is 23.5 Å². The van der Waals surface area contributed by atoms with Gasteiger partial charge in [0.25, 0.3) is 0 Å². The first-order valence-corrected chi connectivity index (χ1v) is 36.1. The number of carbonyl (C=O) groups excluding carboxylic acids is 12. The molecule has 5 aliphatic rings. The van der Waals surface area contributed by atoms with Crippen molar-refractivity contribution in [2.75, 3.05) is 89.2 Å². The highest BCUT2D eigenvalue weighted by Crippen LogP contribution is 2.40. The second-order valence-corrected chi connectivity index (χ2v) is 29.0. The quantitative estimate of drug-likeness (QED) is 0.169. The van der Waals surface area contributed by atoms with Gasteiger partial charge in [-0.15, -0.1) is 0 Å². The van der Waals surface area contributed by atoms with Gasteiger partial charge in [-0.25, -0.2) is 17.6 Å². The Labute approximate surface area is 620 Å². The molecule has 2 saturated carbocycles. The number of hydrogen-bond donors (Lipinski definition) is 3. The average Bonchev–Trinajstić information content (AvgIpc) is 1.18. The standard InChI is InChI=1S/C73H98F10N12O13/c1-12-41(3)60-68(105)89(7)40-58(98)90(8)50-22-15-14-18-31-94(67(50)104)54(34-42-23-26-45(27-24-42)72(78,79)80)66(103)88(6)39-56(96)84-49(28-25-43-32-47(74)59(48(75)33-43)73(81,82)83)64(101)95-38-46(108-13-2)35-52(95)63(100)86-71(29-19-30-71)70(107)93(11)61(44-20-16-17-21-44)69(106)92(10)53(65(102)87(4)5)37-57(97)91(9)51(36-55(76)77)62(99)85-60/h14-15,23-24,26-27,32-33,41,44,46,49-55,60-61H,12-13,16-22,25,28-31,34-40H2,1-11H3,(H,84,96)(H,85,99)(H,86,100)/b15-14-/t41-,46+,49-,50+,51-,52-,53-,54-,60-,61-/m0/s1. The van der Waals surface area contributed by atoms with E-state index in [1.54, 1.807) is 32.9 Å². The molecule has 35 heteroatoms. The van der Waals surface area contributed by atoms with Crippen LogP contribution in [0.25, 0.3) is 0 Å². The molecule has 2 aromatic carbocycles. The van der Waals surface area contributed by atoms with E-state index in [-0.39, 0.29) is 63.8 Å². The summed E-state index contributed by atoms with van der Waals surface area (Å²) < 4.78 is 149. The largest absolute Gasteiger partial charge is 0.422 e. The third-order valence-corrected chi connectivity index (χ3v) is 21.4. The molecule has 2 saturated heterocycles. The number of aryl methyl sites for hydroxylation is 1. The van der Waals surface area contributed by atoms with E-state index in [2.05, 4.69) is 16.0 Å². The first kappa shape index (κ1) is 86.3. The molecule has 2 bridgehead atoms. The van der Waals surface area contributed by atoms with Gasteiger partial charge in [0.2, 0.25) is 77.3 Å². The number of fused-ring (bicyclic) bond motifs is 3. The second-order valence-electron chi connectivity index (χ2n) is 29.0. The van der Waals surface area contributed by atoms with Crippen molar-refractivity contribution in [3.63, 3.8) is 0 Å². The highest BCUT2D eigenvalue weighted by Gasteiger charge is 2.54. The van der Waals surface area contributed by atoms with Crippen molar-refractivity contribution < 1.29 is 106 Å². The molecule has 3 heterocycles. The van der Waals surface area contributed by atoms with Gasteiger partial charge in [0.05, 0.1) is 31.2 Å². The SMILES string of the molecule is CCO[C@@H]1C[C@H]2C(=O)NC3(CCC3)C(=O)N(C)[C@@H](C3CCCC3)C(=O)N(C)[C@H](C(=O)N(C)C)CC(=O)N(C)[C@@H](CC(F)F)C(=O)N[C@@H]([C@@H](C)CC)C(=O)N(C)CC(=O)N(C)[C@@H]3C/C=C\CCN(C3=O)[C@@H](Cc3ccc(C(F)(F)F)cc3)C(=O)N(C)CC(=O)N[C@@H](CCc3cc(F)c(C(F)(F)F)c(F)c3)C(=O)N2C1. The number of nitrogens with zero attached hydrogens (tertiary/aromatic N) is 9. The fourth-order valence-corrected chi connectivity index (χ4v) is 14.8. The zero-order valence-electron chi connectivity index (χ0n) is 62.5. The van der Waals surface area contributed by atoms with E-state index in [1.165, 1.54) is 42.3 Å². The summed E-state index contributed by atoms with van der Waals surface area (Å²) in [6.45, 7) is 2.36. The monoisotopic (exact) mass is 1540 g/mol. The van der Waals surface area contributed by atoms with Gasteiger partial charge >= 0.3 is 12.4 Å². The first-order chi connectivity index (χ1) is 50.6. The van der Waals surface area contributed by atoms with E-state index in [0.29, 0.717) is 49.1 Å². The van der Waals surface area contributed by atoms with E-state index < -0.39 is 235 Å². The summed E-state index contributed by atoms with van der Waals surface area (Å²) in [4.78, 5) is 188. The number of nitrogens with one attached hydrogen (secondary N) is 3. The fourth-order valence-electron chi connectivity index (χ4n) is 14.8. The fraction of sp³-hybridized carbons (Fsp3) is 0.644. The lowest BCUT2D eigenvalue weighted by Gasteiger charge is -2.46. The highest BCUT2D eigenvalue weighted by molar-refractivity contribution is 6.01. The van der Waals surface area contributed by atoms with Crippen LogP contribution in [-0.4, -0.2) is 271 Å². The number of rotatable bonds is 13. The number of alkyl halides is 8. The van der Waals surface area contributed by atoms with Gasteiger partial charge in [0, 0.05) is 95.3 Å². The Morgan fingerprint density at radius 3 is 1.85 bits per heavy atom. The molecule has 108 heavy (non-hydrogen) atoms. The zero-order chi connectivity index (χ0) is 80.4. The summed E-state index contributed by atoms with van der Waals surface area (Å²) in [5.41, 5.74) is -5.42. The third kappa shape index (κ3) is 20.5. The van der Waals surface area contributed by atoms with E-state index in [0.717, 1.165) is 77.6 Å². The second kappa shape index (κ2) is 36.5. The van der Waals surface area contributed by atoms with Gasteiger partial charge in [0.1, 0.15) is 71.1 Å². The van der Waals surface area contributed by atoms with Crippen LogP contribution in [0.5, 0.6) is 0 Å². The maximum Gasteiger partial charge on any atom is 0.422 e. The summed E-state index contributed by atoms with van der Waals surface area (Å²) in [5.74, 6) is -17.1. The summed E-state index contributed by atoms with van der Waals surface area (Å²) in [5, 5.41) is 7.85. The Kier molecular flexibility index (Phi) is 29.2. The van der Waals surface area contributed by atoms with E-state index in [9.17, 15) is 63.9 Å². The number of halogens is 10. The number of likely N-dealkylation sites (N-methyl/N-ethyl adjacent to an activating group) is 7. The maximum absolute atomic E-state index is 15.4. The van der Waals surface area contributed by atoms with E-state index >= 15 is 37.5 Å². The van der Waals surface area contributed by atoms with Crippen molar-refractivity contribution in [3.05, 3.63) is 82.4 Å². The molecule has 0 aromatic heterocycles. The lowest BCUT2D eigenvalue weighted by atomic mass is 9.74. The smallest absolute Gasteiger partial charge is 0.377 e. The van der Waals surface area contributed by atoms with Crippen LogP contribution in [0.1, 0.15) is 133 Å². The molecule has 1 spiro atoms. The molecule has 0 radical (unpaired) electrons. The Bertz CT molecular complexity index is 3650. The van der Waals surface area contributed by atoms with E-state index in [4.69, 9.17) is 4.74 Å². The van der Waals surface area contributed by atoms with Gasteiger partial charge in [-0.3, -0.25) is 57.5 Å². The molecule has 4 fully saturated rings. The molecule has 3 aliphatic heterocycles. The van der Waals surface area contributed by atoms with Crippen molar-refractivity contribution >= 4 is 70.9 Å². The Hall–Kier alpha value is -8.92. The summed E-state index contributed by atoms with van der Waals surface area (Å²) in [6.07, 6.45) is -13.3.